The van der Waals surface area contributed by atoms with Gasteiger partial charge in [0.05, 0.1) is 6.54 Å². The molecule has 0 saturated carbocycles. The molecule has 1 aromatic carbocycles. The summed E-state index contributed by atoms with van der Waals surface area (Å²) in [6.07, 6.45) is 1.11. The maximum absolute atomic E-state index is 5.38. The van der Waals surface area contributed by atoms with Crippen LogP contribution >= 0.6 is 24.0 Å². The normalized spacial score (nSPS) is 11.2. The van der Waals surface area contributed by atoms with E-state index in [1.807, 2.05) is 36.4 Å². The topological polar surface area (TPSA) is 62.5 Å². The van der Waals surface area contributed by atoms with Crippen LogP contribution in [-0.4, -0.2) is 24.7 Å². The van der Waals surface area contributed by atoms with Crippen molar-refractivity contribution in [2.75, 3.05) is 13.6 Å². The zero-order chi connectivity index (χ0) is 15.8. The third kappa shape index (κ3) is 6.60. The van der Waals surface area contributed by atoms with Crippen LogP contribution in [0.3, 0.4) is 0 Å². The number of aromatic nitrogens is 1. The van der Waals surface area contributed by atoms with E-state index in [0.29, 0.717) is 12.5 Å². The van der Waals surface area contributed by atoms with Gasteiger partial charge in [-0.15, -0.1) is 24.0 Å². The van der Waals surface area contributed by atoms with Crippen LogP contribution in [0.2, 0.25) is 0 Å². The monoisotopic (exact) mass is 428 g/mol. The lowest BCUT2D eigenvalue weighted by Gasteiger charge is -2.11. The van der Waals surface area contributed by atoms with Gasteiger partial charge in [0, 0.05) is 25.2 Å². The molecule has 2 aromatic rings. The summed E-state index contributed by atoms with van der Waals surface area (Å²) in [6.45, 7) is 5.90. The van der Waals surface area contributed by atoms with E-state index in [0.717, 1.165) is 35.9 Å². The first-order valence-electron chi connectivity index (χ1n) is 7.64. The van der Waals surface area contributed by atoms with E-state index < -0.39 is 0 Å². The van der Waals surface area contributed by atoms with Gasteiger partial charge < -0.3 is 15.2 Å². The van der Waals surface area contributed by atoms with E-state index in [4.69, 9.17) is 4.52 Å². The Kier molecular flexibility index (Phi) is 8.68. The Bertz CT molecular complexity index is 596. The number of hydrogen-bond donors (Lipinski definition) is 2. The fraction of sp³-hybridized carbons (Fsp3) is 0.412. The Morgan fingerprint density at radius 3 is 2.61 bits per heavy atom. The first-order valence-corrected chi connectivity index (χ1v) is 7.64. The van der Waals surface area contributed by atoms with Gasteiger partial charge in [-0.25, -0.2) is 0 Å². The fourth-order valence-electron chi connectivity index (χ4n) is 2.01. The van der Waals surface area contributed by atoms with Crippen molar-refractivity contribution in [3.8, 4) is 11.3 Å². The maximum atomic E-state index is 5.38. The Labute approximate surface area is 155 Å². The number of halogens is 1. The molecule has 2 rings (SSSR count). The lowest BCUT2D eigenvalue weighted by molar-refractivity contribution is 0.422. The van der Waals surface area contributed by atoms with Crippen LogP contribution in [0.4, 0.5) is 0 Å². The largest absolute Gasteiger partial charge is 0.356 e. The standard InChI is InChI=1S/C17H24N4O.HI/c1-13(2)9-10-19-17(18-3)20-12-15-11-16(22-21-15)14-7-5-4-6-8-14;/h4-8,11,13H,9-10,12H2,1-3H3,(H2,18,19,20);1H. The molecule has 0 unspecified atom stereocenters. The lowest BCUT2D eigenvalue weighted by Crippen LogP contribution is -2.37. The van der Waals surface area contributed by atoms with Crippen molar-refractivity contribution in [2.45, 2.75) is 26.8 Å². The van der Waals surface area contributed by atoms with E-state index in [1.165, 1.54) is 0 Å². The molecule has 126 valence electrons. The number of benzene rings is 1. The number of hydrogen-bond acceptors (Lipinski definition) is 3. The summed E-state index contributed by atoms with van der Waals surface area (Å²) in [5.41, 5.74) is 1.88. The zero-order valence-corrected chi connectivity index (χ0v) is 16.2. The second kappa shape index (κ2) is 10.3. The van der Waals surface area contributed by atoms with E-state index in [1.54, 1.807) is 7.05 Å². The lowest BCUT2D eigenvalue weighted by atomic mass is 10.1. The Hall–Kier alpha value is -1.57. The highest BCUT2D eigenvalue weighted by Crippen LogP contribution is 2.19. The first-order chi connectivity index (χ1) is 10.7. The van der Waals surface area contributed by atoms with Gasteiger partial charge in [0.25, 0.3) is 0 Å². The van der Waals surface area contributed by atoms with Crippen molar-refractivity contribution >= 4 is 29.9 Å². The molecule has 0 aliphatic carbocycles. The van der Waals surface area contributed by atoms with Gasteiger partial charge in [-0.05, 0) is 12.3 Å². The van der Waals surface area contributed by atoms with Crippen LogP contribution in [-0.2, 0) is 6.54 Å². The molecule has 0 radical (unpaired) electrons. The summed E-state index contributed by atoms with van der Waals surface area (Å²) in [6, 6.07) is 11.9. The summed E-state index contributed by atoms with van der Waals surface area (Å²) in [5, 5.41) is 10.6. The van der Waals surface area contributed by atoms with Crippen molar-refractivity contribution in [1.82, 2.24) is 15.8 Å². The summed E-state index contributed by atoms with van der Waals surface area (Å²) < 4.78 is 5.38. The average Bonchev–Trinajstić information content (AvgIpc) is 3.00. The van der Waals surface area contributed by atoms with Gasteiger partial charge in [-0.1, -0.05) is 49.3 Å². The van der Waals surface area contributed by atoms with E-state index in [2.05, 4.69) is 34.6 Å². The second-order valence-electron chi connectivity index (χ2n) is 5.58. The summed E-state index contributed by atoms with van der Waals surface area (Å²) in [5.74, 6) is 2.24. The molecule has 0 fully saturated rings. The average molecular weight is 428 g/mol. The van der Waals surface area contributed by atoms with E-state index in [9.17, 15) is 0 Å². The van der Waals surface area contributed by atoms with Crippen molar-refractivity contribution < 1.29 is 4.52 Å². The maximum Gasteiger partial charge on any atom is 0.191 e. The summed E-state index contributed by atoms with van der Waals surface area (Å²) in [7, 11) is 1.77. The SMILES string of the molecule is CN=C(NCCC(C)C)NCc1cc(-c2ccccc2)on1.I. The molecule has 0 amide bonds. The molecule has 0 spiro atoms. The van der Waals surface area contributed by atoms with Crippen LogP contribution in [0, 0.1) is 5.92 Å². The minimum Gasteiger partial charge on any atom is -0.356 e. The number of aliphatic imine (C=N–C) groups is 1. The molecule has 1 aromatic heterocycles. The van der Waals surface area contributed by atoms with Crippen molar-refractivity contribution in [2.24, 2.45) is 10.9 Å². The molecule has 0 bridgehead atoms. The van der Waals surface area contributed by atoms with Crippen molar-refractivity contribution in [3.63, 3.8) is 0 Å². The smallest absolute Gasteiger partial charge is 0.191 e. The third-order valence-electron chi connectivity index (χ3n) is 3.29. The van der Waals surface area contributed by atoms with Crippen LogP contribution in [0.15, 0.2) is 45.9 Å². The quantitative estimate of drug-likeness (QED) is 0.419. The third-order valence-corrected chi connectivity index (χ3v) is 3.29. The van der Waals surface area contributed by atoms with Crippen LogP contribution in [0.1, 0.15) is 26.0 Å². The van der Waals surface area contributed by atoms with Gasteiger partial charge in [-0.2, -0.15) is 0 Å². The minimum absolute atomic E-state index is 0. The summed E-state index contributed by atoms with van der Waals surface area (Å²) in [4.78, 5) is 4.20. The Morgan fingerprint density at radius 2 is 1.96 bits per heavy atom. The summed E-state index contributed by atoms with van der Waals surface area (Å²) >= 11 is 0. The van der Waals surface area contributed by atoms with Crippen LogP contribution in [0.5, 0.6) is 0 Å². The molecule has 23 heavy (non-hydrogen) atoms. The molecule has 6 heteroatoms. The van der Waals surface area contributed by atoms with Crippen molar-refractivity contribution in [3.05, 3.63) is 42.1 Å². The fourth-order valence-corrected chi connectivity index (χ4v) is 2.01. The molecule has 0 aliphatic rings. The second-order valence-corrected chi connectivity index (χ2v) is 5.58. The first kappa shape index (κ1) is 19.5. The van der Waals surface area contributed by atoms with Gasteiger partial charge in [0.1, 0.15) is 5.69 Å². The Balaban J connectivity index is 0.00000264. The minimum atomic E-state index is 0. The molecule has 0 atom stereocenters. The van der Waals surface area contributed by atoms with Gasteiger partial charge in [0.15, 0.2) is 11.7 Å². The number of nitrogens with one attached hydrogen (secondary N) is 2. The highest BCUT2D eigenvalue weighted by molar-refractivity contribution is 14.0. The molecule has 0 aliphatic heterocycles. The molecule has 2 N–H and O–H groups in total. The van der Waals surface area contributed by atoms with Gasteiger partial charge >= 0.3 is 0 Å². The molecular weight excluding hydrogens is 403 g/mol. The zero-order valence-electron chi connectivity index (χ0n) is 13.9. The van der Waals surface area contributed by atoms with E-state index >= 15 is 0 Å². The van der Waals surface area contributed by atoms with Gasteiger partial charge in [0.2, 0.25) is 0 Å². The van der Waals surface area contributed by atoms with Crippen molar-refractivity contribution in [1.29, 1.82) is 0 Å². The van der Waals surface area contributed by atoms with E-state index in [-0.39, 0.29) is 24.0 Å². The number of nitrogens with zero attached hydrogens (tertiary/aromatic N) is 2. The van der Waals surface area contributed by atoms with Crippen LogP contribution in [0.25, 0.3) is 11.3 Å². The predicted octanol–water partition coefficient (Wildman–Crippen LogP) is 3.67. The predicted molar refractivity (Wildman–Crippen MR) is 105 cm³/mol. The Morgan fingerprint density at radius 1 is 1.22 bits per heavy atom. The molecular formula is C17H25IN4O. The highest BCUT2D eigenvalue weighted by Gasteiger charge is 2.07. The molecule has 1 heterocycles. The number of guanidine groups is 1. The van der Waals surface area contributed by atoms with Gasteiger partial charge in [-0.3, -0.25) is 4.99 Å². The van der Waals surface area contributed by atoms with Crippen LogP contribution < -0.4 is 10.6 Å². The number of rotatable bonds is 6. The molecule has 0 saturated heterocycles. The highest BCUT2D eigenvalue weighted by atomic mass is 127. The molecule has 5 nitrogen and oxygen atoms in total.